The van der Waals surface area contributed by atoms with E-state index in [9.17, 15) is 13.6 Å². The molecule has 1 heterocycles. The SMILES string of the molecule is O=C(Nc1ccc(F)cc1F)c1csc(Br)c1. The highest BCUT2D eigenvalue weighted by Gasteiger charge is 2.11. The number of nitrogens with one attached hydrogen (secondary N) is 1. The minimum absolute atomic E-state index is 0.0428. The van der Waals surface area contributed by atoms with Gasteiger partial charge in [-0.25, -0.2) is 8.78 Å². The molecule has 0 fully saturated rings. The molecule has 0 unspecified atom stereocenters. The van der Waals surface area contributed by atoms with Crippen LogP contribution in [0.2, 0.25) is 0 Å². The van der Waals surface area contributed by atoms with E-state index in [1.807, 2.05) is 0 Å². The first-order valence-electron chi connectivity index (χ1n) is 4.56. The van der Waals surface area contributed by atoms with Crippen molar-refractivity contribution in [3.8, 4) is 0 Å². The van der Waals surface area contributed by atoms with Gasteiger partial charge in [0.1, 0.15) is 11.6 Å². The second-order valence-corrected chi connectivity index (χ2v) is 5.51. The van der Waals surface area contributed by atoms with Gasteiger partial charge in [0.15, 0.2) is 0 Å². The molecule has 6 heteroatoms. The van der Waals surface area contributed by atoms with Gasteiger partial charge in [-0.3, -0.25) is 4.79 Å². The highest BCUT2D eigenvalue weighted by molar-refractivity contribution is 9.11. The summed E-state index contributed by atoms with van der Waals surface area (Å²) in [6, 6.07) is 4.62. The van der Waals surface area contributed by atoms with Crippen molar-refractivity contribution in [3.05, 3.63) is 50.6 Å². The van der Waals surface area contributed by atoms with Crippen molar-refractivity contribution in [1.82, 2.24) is 0 Å². The first-order valence-corrected chi connectivity index (χ1v) is 6.24. The van der Waals surface area contributed by atoms with Gasteiger partial charge < -0.3 is 5.32 Å². The van der Waals surface area contributed by atoms with E-state index in [4.69, 9.17) is 0 Å². The number of hydrogen-bond acceptors (Lipinski definition) is 2. The van der Waals surface area contributed by atoms with Crippen LogP contribution in [0.1, 0.15) is 10.4 Å². The lowest BCUT2D eigenvalue weighted by molar-refractivity contribution is 0.102. The molecule has 1 aromatic heterocycles. The zero-order valence-corrected chi connectivity index (χ0v) is 10.7. The molecule has 0 spiro atoms. The molecule has 0 bridgehead atoms. The quantitative estimate of drug-likeness (QED) is 0.889. The third kappa shape index (κ3) is 2.89. The monoisotopic (exact) mass is 317 g/mol. The molecule has 2 rings (SSSR count). The molecule has 2 nitrogen and oxygen atoms in total. The van der Waals surface area contributed by atoms with E-state index in [-0.39, 0.29) is 5.69 Å². The molecule has 0 aliphatic heterocycles. The number of carbonyl (C=O) groups is 1. The largest absolute Gasteiger partial charge is 0.319 e. The van der Waals surface area contributed by atoms with Crippen LogP contribution in [0.25, 0.3) is 0 Å². The fourth-order valence-corrected chi connectivity index (χ4v) is 2.35. The smallest absolute Gasteiger partial charge is 0.256 e. The zero-order valence-electron chi connectivity index (χ0n) is 8.34. The van der Waals surface area contributed by atoms with Crippen LogP contribution < -0.4 is 5.32 Å². The Morgan fingerprint density at radius 3 is 2.65 bits per heavy atom. The molecule has 0 saturated carbocycles. The average Bonchev–Trinajstić information content (AvgIpc) is 2.69. The molecule has 0 atom stereocenters. The van der Waals surface area contributed by atoms with Crippen molar-refractivity contribution in [2.24, 2.45) is 0 Å². The minimum atomic E-state index is -0.798. The van der Waals surface area contributed by atoms with Gasteiger partial charge >= 0.3 is 0 Å². The maximum absolute atomic E-state index is 13.3. The van der Waals surface area contributed by atoms with Gasteiger partial charge in [-0.15, -0.1) is 11.3 Å². The minimum Gasteiger partial charge on any atom is -0.319 e. The summed E-state index contributed by atoms with van der Waals surface area (Å²) in [6.45, 7) is 0. The number of anilines is 1. The number of benzene rings is 1. The molecule has 0 saturated heterocycles. The van der Waals surface area contributed by atoms with E-state index in [0.29, 0.717) is 5.56 Å². The standard InChI is InChI=1S/C11H6BrF2NOS/c12-10-3-6(5-17-10)11(16)15-9-2-1-7(13)4-8(9)14/h1-5H,(H,15,16). The summed E-state index contributed by atoms with van der Waals surface area (Å²) in [5.41, 5.74) is 0.379. The van der Waals surface area contributed by atoms with Crippen LogP contribution in [-0.2, 0) is 0 Å². The van der Waals surface area contributed by atoms with E-state index >= 15 is 0 Å². The number of rotatable bonds is 2. The average molecular weight is 318 g/mol. The highest BCUT2D eigenvalue weighted by Crippen LogP contribution is 2.22. The Labute approximate surface area is 108 Å². The first-order chi connectivity index (χ1) is 8.06. The fourth-order valence-electron chi connectivity index (χ4n) is 1.21. The molecule has 1 N–H and O–H groups in total. The lowest BCUT2D eigenvalue weighted by Gasteiger charge is -2.04. The second-order valence-electron chi connectivity index (χ2n) is 3.22. The van der Waals surface area contributed by atoms with Crippen molar-refractivity contribution in [1.29, 1.82) is 0 Å². The molecule has 2 aromatic rings. The summed E-state index contributed by atoms with van der Waals surface area (Å²) >= 11 is 4.58. The predicted octanol–water partition coefficient (Wildman–Crippen LogP) is 4.04. The second kappa shape index (κ2) is 4.93. The number of thiophene rings is 1. The Morgan fingerprint density at radius 1 is 1.29 bits per heavy atom. The van der Waals surface area contributed by atoms with E-state index < -0.39 is 17.5 Å². The molecule has 17 heavy (non-hydrogen) atoms. The van der Waals surface area contributed by atoms with Crippen LogP contribution >= 0.6 is 27.3 Å². The Hall–Kier alpha value is -1.27. The Balaban J connectivity index is 2.18. The Kier molecular flexibility index (Phi) is 3.54. The van der Waals surface area contributed by atoms with Crippen molar-refractivity contribution < 1.29 is 13.6 Å². The van der Waals surface area contributed by atoms with Gasteiger partial charge in [0.05, 0.1) is 15.0 Å². The first kappa shape index (κ1) is 12.2. The van der Waals surface area contributed by atoms with Crippen LogP contribution in [0.5, 0.6) is 0 Å². The molecule has 1 amide bonds. The van der Waals surface area contributed by atoms with Crippen molar-refractivity contribution in [2.45, 2.75) is 0 Å². The van der Waals surface area contributed by atoms with Crippen molar-refractivity contribution >= 4 is 38.9 Å². The van der Waals surface area contributed by atoms with E-state index in [1.165, 1.54) is 17.4 Å². The molecule has 0 radical (unpaired) electrons. The van der Waals surface area contributed by atoms with E-state index in [0.717, 1.165) is 15.9 Å². The normalized spacial score (nSPS) is 10.3. The summed E-state index contributed by atoms with van der Waals surface area (Å²) in [7, 11) is 0. The molecular weight excluding hydrogens is 312 g/mol. The fraction of sp³-hybridized carbons (Fsp3) is 0. The Morgan fingerprint density at radius 2 is 2.06 bits per heavy atom. The number of hydrogen-bond donors (Lipinski definition) is 1. The zero-order chi connectivity index (χ0) is 12.4. The molecule has 88 valence electrons. The van der Waals surface area contributed by atoms with Gasteiger partial charge in [0.25, 0.3) is 5.91 Å². The number of amides is 1. The summed E-state index contributed by atoms with van der Waals surface area (Å²) < 4.78 is 26.7. The summed E-state index contributed by atoms with van der Waals surface area (Å²) in [5.74, 6) is -1.91. The molecular formula is C11H6BrF2NOS. The van der Waals surface area contributed by atoms with Crippen LogP contribution in [0.4, 0.5) is 14.5 Å². The maximum atomic E-state index is 13.3. The summed E-state index contributed by atoms with van der Waals surface area (Å²) in [5, 5.41) is 4.01. The lowest BCUT2D eigenvalue weighted by Crippen LogP contribution is -2.12. The number of carbonyl (C=O) groups excluding carboxylic acids is 1. The Bertz CT molecular complexity index is 570. The maximum Gasteiger partial charge on any atom is 0.256 e. The van der Waals surface area contributed by atoms with E-state index in [1.54, 1.807) is 11.4 Å². The topological polar surface area (TPSA) is 29.1 Å². The van der Waals surface area contributed by atoms with Crippen LogP contribution in [-0.4, -0.2) is 5.91 Å². The number of halogens is 3. The van der Waals surface area contributed by atoms with Gasteiger partial charge in [-0.1, -0.05) is 0 Å². The van der Waals surface area contributed by atoms with Crippen LogP contribution in [0, 0.1) is 11.6 Å². The third-order valence-electron chi connectivity index (χ3n) is 2.01. The van der Waals surface area contributed by atoms with Gasteiger partial charge in [0, 0.05) is 11.4 Å². The van der Waals surface area contributed by atoms with Gasteiger partial charge in [-0.05, 0) is 34.1 Å². The van der Waals surface area contributed by atoms with Crippen molar-refractivity contribution in [3.63, 3.8) is 0 Å². The third-order valence-corrected chi connectivity index (χ3v) is 3.51. The van der Waals surface area contributed by atoms with Crippen molar-refractivity contribution in [2.75, 3.05) is 5.32 Å². The van der Waals surface area contributed by atoms with E-state index in [2.05, 4.69) is 21.2 Å². The van der Waals surface area contributed by atoms with Gasteiger partial charge in [0.2, 0.25) is 0 Å². The van der Waals surface area contributed by atoms with Crippen LogP contribution in [0.15, 0.2) is 33.4 Å². The summed E-state index contributed by atoms with van der Waals surface area (Å²) in [4.78, 5) is 11.7. The predicted molar refractivity (Wildman–Crippen MR) is 66.3 cm³/mol. The van der Waals surface area contributed by atoms with Crippen LogP contribution in [0.3, 0.4) is 0 Å². The molecule has 1 aromatic carbocycles. The molecule has 0 aliphatic carbocycles. The highest BCUT2D eigenvalue weighted by atomic mass is 79.9. The molecule has 0 aliphatic rings. The summed E-state index contributed by atoms with van der Waals surface area (Å²) in [6.07, 6.45) is 0. The lowest BCUT2D eigenvalue weighted by atomic mass is 10.2. The van der Waals surface area contributed by atoms with Gasteiger partial charge in [-0.2, -0.15) is 0 Å².